The molecule has 1 saturated carbocycles. The van der Waals surface area contributed by atoms with Gasteiger partial charge in [-0.1, -0.05) is 25.0 Å². The number of para-hydroxylation sites is 1. The molecule has 2 N–H and O–H groups in total. The van der Waals surface area contributed by atoms with Crippen molar-refractivity contribution in [2.45, 2.75) is 38.5 Å². The van der Waals surface area contributed by atoms with Crippen LogP contribution in [0.3, 0.4) is 0 Å². The van der Waals surface area contributed by atoms with Gasteiger partial charge in [-0.15, -0.1) is 0 Å². The normalized spacial score (nSPS) is 13.9. The predicted octanol–water partition coefficient (Wildman–Crippen LogP) is 4.88. The van der Waals surface area contributed by atoms with Crippen LogP contribution in [0.15, 0.2) is 42.5 Å². The minimum absolute atomic E-state index is 0.0171. The van der Waals surface area contributed by atoms with Gasteiger partial charge in [0.1, 0.15) is 0 Å². The fourth-order valence-electron chi connectivity index (χ4n) is 3.77. The summed E-state index contributed by atoms with van der Waals surface area (Å²) in [6.07, 6.45) is 6.36. The highest BCUT2D eigenvalue weighted by molar-refractivity contribution is 5.91. The molecule has 0 unspecified atom stereocenters. The molecule has 5 nitrogen and oxygen atoms in total. The number of rotatable bonds is 9. The maximum absolute atomic E-state index is 12.3. The zero-order chi connectivity index (χ0) is 19.8. The zero-order valence-electron chi connectivity index (χ0n) is 16.8. The number of hydrogen-bond acceptors (Lipinski definition) is 4. The first-order valence-corrected chi connectivity index (χ1v) is 10.0. The van der Waals surface area contributed by atoms with Crippen molar-refractivity contribution in [2.75, 3.05) is 31.4 Å². The number of anilines is 2. The number of hydrogen-bond donors (Lipinski definition) is 2. The molecule has 3 rings (SSSR count). The Morgan fingerprint density at radius 3 is 2.39 bits per heavy atom. The summed E-state index contributed by atoms with van der Waals surface area (Å²) in [5.74, 6) is 2.15. The lowest BCUT2D eigenvalue weighted by Gasteiger charge is -2.13. The Balaban J connectivity index is 1.48. The van der Waals surface area contributed by atoms with Crippen LogP contribution in [0, 0.1) is 5.92 Å². The molecule has 1 amide bonds. The van der Waals surface area contributed by atoms with Crippen LogP contribution in [0.25, 0.3) is 0 Å². The molecule has 28 heavy (non-hydrogen) atoms. The smallest absolute Gasteiger partial charge is 0.224 e. The van der Waals surface area contributed by atoms with E-state index in [9.17, 15) is 4.79 Å². The van der Waals surface area contributed by atoms with E-state index in [0.29, 0.717) is 24.3 Å². The van der Waals surface area contributed by atoms with E-state index in [1.54, 1.807) is 14.2 Å². The number of benzene rings is 2. The van der Waals surface area contributed by atoms with Crippen LogP contribution in [-0.4, -0.2) is 26.7 Å². The van der Waals surface area contributed by atoms with Crippen molar-refractivity contribution in [1.82, 2.24) is 0 Å². The van der Waals surface area contributed by atoms with Gasteiger partial charge < -0.3 is 20.1 Å². The van der Waals surface area contributed by atoms with E-state index in [0.717, 1.165) is 29.4 Å². The molecule has 0 spiro atoms. The van der Waals surface area contributed by atoms with Gasteiger partial charge >= 0.3 is 0 Å². The first kappa shape index (κ1) is 20.1. The van der Waals surface area contributed by atoms with E-state index in [-0.39, 0.29) is 5.91 Å². The molecular formula is C23H30N2O3. The lowest BCUT2D eigenvalue weighted by Crippen LogP contribution is -2.13. The Morgan fingerprint density at radius 1 is 1.00 bits per heavy atom. The van der Waals surface area contributed by atoms with Crippen molar-refractivity contribution in [2.24, 2.45) is 5.92 Å². The standard InChI is InChI=1S/C23H30N2O3/c1-27-21-9-5-8-18(23(21)28-2)10-15-22(26)25-20-13-11-19(12-14-20)24-16-17-6-3-4-7-17/h5,8-9,11-14,17,24H,3-4,6-7,10,15-16H2,1-2H3,(H,25,26). The second kappa shape index (κ2) is 10.0. The number of carbonyl (C=O) groups excluding carboxylic acids is 1. The molecule has 1 fully saturated rings. The van der Waals surface area contributed by atoms with E-state index >= 15 is 0 Å². The van der Waals surface area contributed by atoms with E-state index in [4.69, 9.17) is 9.47 Å². The Morgan fingerprint density at radius 2 is 1.71 bits per heavy atom. The van der Waals surface area contributed by atoms with Gasteiger partial charge in [0.2, 0.25) is 5.91 Å². The maximum Gasteiger partial charge on any atom is 0.224 e. The first-order chi connectivity index (χ1) is 13.7. The highest BCUT2D eigenvalue weighted by Crippen LogP contribution is 2.31. The topological polar surface area (TPSA) is 59.6 Å². The highest BCUT2D eigenvalue weighted by atomic mass is 16.5. The predicted molar refractivity (Wildman–Crippen MR) is 113 cm³/mol. The lowest BCUT2D eigenvalue weighted by molar-refractivity contribution is -0.116. The van der Waals surface area contributed by atoms with Crippen molar-refractivity contribution >= 4 is 17.3 Å². The monoisotopic (exact) mass is 382 g/mol. The third-order valence-corrected chi connectivity index (χ3v) is 5.34. The second-order valence-corrected chi connectivity index (χ2v) is 7.31. The van der Waals surface area contributed by atoms with Gasteiger partial charge in [0, 0.05) is 24.3 Å². The van der Waals surface area contributed by atoms with E-state index in [1.807, 2.05) is 42.5 Å². The fraction of sp³-hybridized carbons (Fsp3) is 0.435. The zero-order valence-corrected chi connectivity index (χ0v) is 16.8. The number of amides is 1. The van der Waals surface area contributed by atoms with Crippen molar-refractivity contribution in [3.05, 3.63) is 48.0 Å². The molecule has 0 aliphatic heterocycles. The van der Waals surface area contributed by atoms with Gasteiger partial charge in [-0.05, 0) is 61.1 Å². The summed E-state index contributed by atoms with van der Waals surface area (Å²) >= 11 is 0. The Hall–Kier alpha value is -2.69. The van der Waals surface area contributed by atoms with Gasteiger partial charge in [0.05, 0.1) is 14.2 Å². The summed E-state index contributed by atoms with van der Waals surface area (Å²) in [6.45, 7) is 1.04. The summed E-state index contributed by atoms with van der Waals surface area (Å²) in [4.78, 5) is 12.3. The maximum atomic E-state index is 12.3. The largest absolute Gasteiger partial charge is 0.493 e. The number of carbonyl (C=O) groups is 1. The summed E-state index contributed by atoms with van der Waals surface area (Å²) in [5, 5.41) is 6.46. The van der Waals surface area contributed by atoms with Crippen molar-refractivity contribution < 1.29 is 14.3 Å². The van der Waals surface area contributed by atoms with E-state index < -0.39 is 0 Å². The Kier molecular flexibility index (Phi) is 7.18. The summed E-state index contributed by atoms with van der Waals surface area (Å²) < 4.78 is 10.7. The van der Waals surface area contributed by atoms with Crippen LogP contribution < -0.4 is 20.1 Å². The Labute approximate surface area is 167 Å². The SMILES string of the molecule is COc1cccc(CCC(=O)Nc2ccc(NCC3CCCC3)cc2)c1OC. The second-order valence-electron chi connectivity index (χ2n) is 7.31. The molecule has 0 aromatic heterocycles. The summed E-state index contributed by atoms with van der Waals surface area (Å²) in [5.41, 5.74) is 2.88. The van der Waals surface area contributed by atoms with Crippen molar-refractivity contribution in [3.8, 4) is 11.5 Å². The molecule has 0 heterocycles. The molecular weight excluding hydrogens is 352 g/mol. The van der Waals surface area contributed by atoms with Crippen LogP contribution >= 0.6 is 0 Å². The lowest BCUT2D eigenvalue weighted by atomic mass is 10.1. The third-order valence-electron chi connectivity index (χ3n) is 5.34. The number of methoxy groups -OCH3 is 2. The minimum Gasteiger partial charge on any atom is -0.493 e. The van der Waals surface area contributed by atoms with Gasteiger partial charge in [-0.3, -0.25) is 4.79 Å². The number of nitrogens with one attached hydrogen (secondary N) is 2. The van der Waals surface area contributed by atoms with Gasteiger partial charge in [-0.2, -0.15) is 0 Å². The van der Waals surface area contributed by atoms with Crippen LogP contribution in [-0.2, 0) is 11.2 Å². The summed E-state index contributed by atoms with van der Waals surface area (Å²) in [7, 11) is 3.23. The molecule has 2 aromatic rings. The van der Waals surface area contributed by atoms with Crippen LogP contribution in [0.1, 0.15) is 37.7 Å². The van der Waals surface area contributed by atoms with Crippen molar-refractivity contribution in [1.29, 1.82) is 0 Å². The van der Waals surface area contributed by atoms with Crippen LogP contribution in [0.5, 0.6) is 11.5 Å². The van der Waals surface area contributed by atoms with Crippen LogP contribution in [0.2, 0.25) is 0 Å². The fourth-order valence-corrected chi connectivity index (χ4v) is 3.77. The molecule has 0 bridgehead atoms. The number of aryl methyl sites for hydroxylation is 1. The van der Waals surface area contributed by atoms with Crippen molar-refractivity contribution in [3.63, 3.8) is 0 Å². The molecule has 0 atom stereocenters. The van der Waals surface area contributed by atoms with Crippen LogP contribution in [0.4, 0.5) is 11.4 Å². The Bertz CT molecular complexity index is 768. The molecule has 150 valence electrons. The molecule has 1 aliphatic carbocycles. The van der Waals surface area contributed by atoms with E-state index in [2.05, 4.69) is 10.6 Å². The molecule has 1 aliphatic rings. The third kappa shape index (κ3) is 5.41. The quantitative estimate of drug-likeness (QED) is 0.649. The molecule has 0 saturated heterocycles. The highest BCUT2D eigenvalue weighted by Gasteiger charge is 2.14. The average molecular weight is 383 g/mol. The molecule has 2 aromatic carbocycles. The number of ether oxygens (including phenoxy) is 2. The van der Waals surface area contributed by atoms with Gasteiger partial charge in [0.25, 0.3) is 0 Å². The first-order valence-electron chi connectivity index (χ1n) is 10.0. The van der Waals surface area contributed by atoms with Gasteiger partial charge in [-0.25, -0.2) is 0 Å². The van der Waals surface area contributed by atoms with E-state index in [1.165, 1.54) is 25.7 Å². The summed E-state index contributed by atoms with van der Waals surface area (Å²) in [6, 6.07) is 13.7. The van der Waals surface area contributed by atoms with Gasteiger partial charge in [0.15, 0.2) is 11.5 Å². The minimum atomic E-state index is -0.0171. The molecule has 5 heteroatoms. The average Bonchev–Trinajstić information content (AvgIpc) is 3.25. The molecule has 0 radical (unpaired) electrons.